The first-order chi connectivity index (χ1) is 9.04. The van der Waals surface area contributed by atoms with Crippen LogP contribution in [0.5, 0.6) is 0 Å². The third kappa shape index (κ3) is 2.92. The van der Waals surface area contributed by atoms with Crippen LogP contribution in [0.4, 0.5) is 5.82 Å². The predicted molar refractivity (Wildman–Crippen MR) is 79.6 cm³/mol. The highest BCUT2D eigenvalue weighted by Crippen LogP contribution is 2.26. The molecule has 0 atom stereocenters. The average molecular weight is 265 g/mol. The molecule has 2 heterocycles. The highest BCUT2D eigenvalue weighted by atomic mass is 15.4. The molecule has 5 nitrogen and oxygen atoms in total. The standard InChI is InChI=1S/C14H27N5/c1-11-13(10-15-2)14(19(5)16-11)18(4)12-6-8-17(3)9-7-12/h12,15H,6-10H2,1-5H3. The van der Waals surface area contributed by atoms with E-state index >= 15 is 0 Å². The number of likely N-dealkylation sites (tertiary alicyclic amines) is 1. The lowest BCUT2D eigenvalue weighted by Gasteiger charge is -2.36. The molecular formula is C14H27N5. The van der Waals surface area contributed by atoms with Gasteiger partial charge in [-0.25, -0.2) is 0 Å². The third-order valence-electron chi connectivity index (χ3n) is 4.24. The second kappa shape index (κ2) is 5.92. The molecule has 0 aliphatic carbocycles. The highest BCUT2D eigenvalue weighted by Gasteiger charge is 2.25. The molecule has 1 N–H and O–H groups in total. The van der Waals surface area contributed by atoms with Crippen molar-refractivity contribution in [3.63, 3.8) is 0 Å². The topological polar surface area (TPSA) is 36.3 Å². The van der Waals surface area contributed by atoms with Crippen molar-refractivity contribution in [2.24, 2.45) is 7.05 Å². The Kier molecular flexibility index (Phi) is 4.47. The highest BCUT2D eigenvalue weighted by molar-refractivity contribution is 5.50. The summed E-state index contributed by atoms with van der Waals surface area (Å²) in [7, 11) is 8.46. The Morgan fingerprint density at radius 1 is 1.32 bits per heavy atom. The zero-order chi connectivity index (χ0) is 14.0. The van der Waals surface area contributed by atoms with E-state index in [9.17, 15) is 0 Å². The summed E-state index contributed by atoms with van der Waals surface area (Å²) in [4.78, 5) is 4.84. The molecule has 0 amide bonds. The fourth-order valence-corrected chi connectivity index (χ4v) is 3.07. The van der Waals surface area contributed by atoms with Crippen LogP contribution in [-0.4, -0.2) is 55.0 Å². The number of piperidine rings is 1. The minimum absolute atomic E-state index is 0.626. The first-order valence-electron chi connectivity index (χ1n) is 7.13. The van der Waals surface area contributed by atoms with Crippen molar-refractivity contribution in [3.05, 3.63) is 11.3 Å². The van der Waals surface area contributed by atoms with E-state index in [0.29, 0.717) is 6.04 Å². The van der Waals surface area contributed by atoms with Crippen molar-refractivity contribution in [1.29, 1.82) is 0 Å². The van der Waals surface area contributed by atoms with Crippen molar-refractivity contribution >= 4 is 5.82 Å². The maximum Gasteiger partial charge on any atom is 0.131 e. The van der Waals surface area contributed by atoms with E-state index in [2.05, 4.69) is 41.2 Å². The normalized spacial score (nSPS) is 17.9. The van der Waals surface area contributed by atoms with Gasteiger partial charge in [0.2, 0.25) is 0 Å². The summed E-state index contributed by atoms with van der Waals surface area (Å²) >= 11 is 0. The molecular weight excluding hydrogens is 238 g/mol. The molecule has 0 aromatic carbocycles. The molecule has 0 saturated carbocycles. The second-order valence-electron chi connectivity index (χ2n) is 5.69. The molecule has 1 aromatic rings. The van der Waals surface area contributed by atoms with Crippen LogP contribution in [0.15, 0.2) is 0 Å². The summed E-state index contributed by atoms with van der Waals surface area (Å²) in [6.07, 6.45) is 2.46. The van der Waals surface area contributed by atoms with Gasteiger partial charge >= 0.3 is 0 Å². The molecule has 108 valence electrons. The van der Waals surface area contributed by atoms with Crippen molar-refractivity contribution in [2.75, 3.05) is 39.1 Å². The van der Waals surface area contributed by atoms with Crippen LogP contribution < -0.4 is 10.2 Å². The number of anilines is 1. The number of hydrogen-bond acceptors (Lipinski definition) is 4. The lowest BCUT2D eigenvalue weighted by molar-refractivity contribution is 0.252. The fourth-order valence-electron chi connectivity index (χ4n) is 3.07. The Morgan fingerprint density at radius 3 is 2.53 bits per heavy atom. The monoisotopic (exact) mass is 265 g/mol. The predicted octanol–water partition coefficient (Wildman–Crippen LogP) is 0.978. The Morgan fingerprint density at radius 2 is 1.95 bits per heavy atom. The van der Waals surface area contributed by atoms with E-state index < -0.39 is 0 Å². The third-order valence-corrected chi connectivity index (χ3v) is 4.24. The number of rotatable bonds is 4. The molecule has 0 bridgehead atoms. The first-order valence-corrected chi connectivity index (χ1v) is 7.13. The van der Waals surface area contributed by atoms with Gasteiger partial charge in [-0.05, 0) is 47.0 Å². The maximum atomic E-state index is 4.59. The molecule has 1 fully saturated rings. The van der Waals surface area contributed by atoms with Gasteiger partial charge in [0.15, 0.2) is 0 Å². The molecule has 1 aliphatic rings. The minimum Gasteiger partial charge on any atom is -0.357 e. The molecule has 1 aromatic heterocycles. The number of hydrogen-bond donors (Lipinski definition) is 1. The summed E-state index contributed by atoms with van der Waals surface area (Å²) in [6.45, 7) is 5.35. The Bertz CT molecular complexity index is 418. The molecule has 0 spiro atoms. The van der Waals surface area contributed by atoms with Gasteiger partial charge in [-0.15, -0.1) is 0 Å². The van der Waals surface area contributed by atoms with E-state index in [-0.39, 0.29) is 0 Å². The minimum atomic E-state index is 0.626. The van der Waals surface area contributed by atoms with Gasteiger partial charge in [-0.2, -0.15) is 5.10 Å². The van der Waals surface area contributed by atoms with Crippen molar-refractivity contribution in [1.82, 2.24) is 20.0 Å². The van der Waals surface area contributed by atoms with E-state index in [1.165, 1.54) is 37.3 Å². The summed E-state index contributed by atoms with van der Waals surface area (Å²) in [6, 6.07) is 0.626. The van der Waals surface area contributed by atoms with Crippen molar-refractivity contribution in [2.45, 2.75) is 32.4 Å². The summed E-state index contributed by atoms with van der Waals surface area (Å²) in [5.74, 6) is 1.27. The van der Waals surface area contributed by atoms with E-state index in [1.54, 1.807) is 0 Å². The van der Waals surface area contributed by atoms with Gasteiger partial charge < -0.3 is 15.1 Å². The zero-order valence-electron chi connectivity index (χ0n) is 12.9. The number of nitrogens with zero attached hydrogens (tertiary/aromatic N) is 4. The Hall–Kier alpha value is -1.07. The van der Waals surface area contributed by atoms with Crippen LogP contribution >= 0.6 is 0 Å². The van der Waals surface area contributed by atoms with Gasteiger partial charge in [0.1, 0.15) is 5.82 Å². The fraction of sp³-hybridized carbons (Fsp3) is 0.786. The van der Waals surface area contributed by atoms with Crippen LogP contribution in [0.3, 0.4) is 0 Å². The van der Waals surface area contributed by atoms with Crippen molar-refractivity contribution in [3.8, 4) is 0 Å². The molecule has 0 unspecified atom stereocenters. The zero-order valence-corrected chi connectivity index (χ0v) is 12.9. The van der Waals surface area contributed by atoms with Crippen LogP contribution in [-0.2, 0) is 13.6 Å². The van der Waals surface area contributed by atoms with Gasteiger partial charge in [-0.1, -0.05) is 0 Å². The quantitative estimate of drug-likeness (QED) is 0.880. The molecule has 19 heavy (non-hydrogen) atoms. The van der Waals surface area contributed by atoms with Crippen LogP contribution in [0.25, 0.3) is 0 Å². The summed E-state index contributed by atoms with van der Waals surface area (Å²) in [5.41, 5.74) is 2.46. The average Bonchev–Trinajstić information content (AvgIpc) is 2.65. The largest absolute Gasteiger partial charge is 0.357 e. The summed E-state index contributed by atoms with van der Waals surface area (Å²) in [5, 5.41) is 7.84. The molecule has 2 rings (SSSR count). The Balaban J connectivity index is 2.20. The molecule has 1 aliphatic heterocycles. The maximum absolute atomic E-state index is 4.59. The molecule has 5 heteroatoms. The molecule has 0 radical (unpaired) electrons. The second-order valence-corrected chi connectivity index (χ2v) is 5.69. The SMILES string of the molecule is CNCc1c(C)nn(C)c1N(C)C1CCN(C)CC1. The van der Waals surface area contributed by atoms with E-state index in [1.807, 2.05) is 18.8 Å². The van der Waals surface area contributed by atoms with Gasteiger partial charge in [-0.3, -0.25) is 4.68 Å². The lowest BCUT2D eigenvalue weighted by atomic mass is 10.0. The van der Waals surface area contributed by atoms with Gasteiger partial charge in [0.05, 0.1) is 5.69 Å². The van der Waals surface area contributed by atoms with E-state index in [4.69, 9.17) is 0 Å². The smallest absolute Gasteiger partial charge is 0.131 e. The first kappa shape index (κ1) is 14.3. The van der Waals surface area contributed by atoms with E-state index in [0.717, 1.165) is 12.2 Å². The lowest BCUT2D eigenvalue weighted by Crippen LogP contribution is -2.43. The molecule has 1 saturated heterocycles. The van der Waals surface area contributed by atoms with Crippen molar-refractivity contribution < 1.29 is 0 Å². The number of nitrogens with one attached hydrogen (secondary N) is 1. The van der Waals surface area contributed by atoms with Crippen LogP contribution in [0.2, 0.25) is 0 Å². The summed E-state index contributed by atoms with van der Waals surface area (Å²) < 4.78 is 2.03. The Labute approximate surface area is 116 Å². The number of aromatic nitrogens is 2. The van der Waals surface area contributed by atoms with Crippen LogP contribution in [0, 0.1) is 6.92 Å². The number of aryl methyl sites for hydroxylation is 2. The van der Waals surface area contributed by atoms with Crippen LogP contribution in [0.1, 0.15) is 24.1 Å². The van der Waals surface area contributed by atoms with Gasteiger partial charge in [0, 0.05) is 32.2 Å². The van der Waals surface area contributed by atoms with Gasteiger partial charge in [0.25, 0.3) is 0 Å².